The van der Waals surface area contributed by atoms with Crippen LogP contribution in [0.5, 0.6) is 0 Å². The fourth-order valence-corrected chi connectivity index (χ4v) is 5.88. The molecule has 0 unspecified atom stereocenters. The lowest BCUT2D eigenvalue weighted by Crippen LogP contribution is -2.77. The Labute approximate surface area is 256 Å². The van der Waals surface area contributed by atoms with E-state index in [0.29, 0.717) is 5.56 Å². The molecule has 4 N–H and O–H groups in total. The maximum atomic E-state index is 13.3. The molecule has 4 rings (SSSR count). The maximum absolute atomic E-state index is 13.3. The second-order valence-electron chi connectivity index (χ2n) is 11.6. The van der Waals surface area contributed by atoms with E-state index in [0.717, 1.165) is 49.0 Å². The van der Waals surface area contributed by atoms with Crippen molar-refractivity contribution in [1.82, 2.24) is 10.2 Å². The van der Waals surface area contributed by atoms with Crippen LogP contribution < -0.4 is 10.0 Å². The Bertz CT molecular complexity index is 1470. The van der Waals surface area contributed by atoms with Gasteiger partial charge in [0.25, 0.3) is 12.4 Å². The van der Waals surface area contributed by atoms with Gasteiger partial charge in [-0.3, -0.25) is 14.5 Å². The van der Waals surface area contributed by atoms with Crippen LogP contribution in [0, 0.1) is 27.7 Å². The van der Waals surface area contributed by atoms with E-state index in [2.05, 4.69) is 27.1 Å². The van der Waals surface area contributed by atoms with Crippen LogP contribution >= 0.6 is 23.5 Å². The molecular formula is C32H38ClN3O5S. The molecular weight excluding hydrogens is 574 g/mol. The second kappa shape index (κ2) is 13.2. The molecule has 3 aromatic rings. The van der Waals surface area contributed by atoms with Gasteiger partial charge >= 0.3 is 5.97 Å². The number of nitrogens with zero attached hydrogens (tertiary/aromatic N) is 1. The van der Waals surface area contributed by atoms with Crippen molar-refractivity contribution in [2.24, 2.45) is 0 Å². The number of carboxylic acid groups (broad SMARTS) is 2. The van der Waals surface area contributed by atoms with E-state index in [9.17, 15) is 14.7 Å². The van der Waals surface area contributed by atoms with E-state index in [1.807, 2.05) is 84.9 Å². The minimum Gasteiger partial charge on any atom is -0.483 e. The summed E-state index contributed by atoms with van der Waals surface area (Å²) in [6.45, 7) is 14.2. The Balaban J connectivity index is 0.00000155. The summed E-state index contributed by atoms with van der Waals surface area (Å²) >= 11 is 7.79. The Morgan fingerprint density at radius 3 is 2.10 bits per heavy atom. The number of aliphatic carboxylic acids is 1. The fraction of sp³-hybridized carbons (Fsp3) is 0.344. The van der Waals surface area contributed by atoms with Gasteiger partial charge in [0.15, 0.2) is 5.54 Å². The van der Waals surface area contributed by atoms with E-state index in [1.165, 1.54) is 0 Å². The lowest BCUT2D eigenvalue weighted by molar-refractivity contribution is -0.155. The number of anilines is 1. The van der Waals surface area contributed by atoms with Crippen molar-refractivity contribution in [1.29, 1.82) is 0 Å². The highest BCUT2D eigenvalue weighted by Gasteiger charge is 2.53. The minimum absolute atomic E-state index is 0.161. The van der Waals surface area contributed by atoms with Crippen molar-refractivity contribution < 1.29 is 24.6 Å². The predicted molar refractivity (Wildman–Crippen MR) is 170 cm³/mol. The molecule has 0 bridgehead atoms. The predicted octanol–water partition coefficient (Wildman–Crippen LogP) is 6.73. The number of halogens is 1. The van der Waals surface area contributed by atoms with Gasteiger partial charge in [0.1, 0.15) is 0 Å². The highest BCUT2D eigenvalue weighted by Crippen LogP contribution is 2.33. The zero-order valence-corrected chi connectivity index (χ0v) is 26.5. The standard InChI is InChI=1S/C31H36ClN3O3S.CH2O2/c1-18-14-26(19(2)13-25(18)32)39-34-24-10-8-9-22(15-24)23-11-20(3)27(21(4)12-23)28(36)33-31(29(37)38)16-35(17-31)30(5,6)7;2-1-3/h8-15,34H,16-17H2,1-7H3,(H,33,36)(H,37,38);1H,(H,2,3). The zero-order valence-electron chi connectivity index (χ0n) is 25.0. The molecule has 1 fully saturated rings. The highest BCUT2D eigenvalue weighted by molar-refractivity contribution is 8.00. The number of rotatable bonds is 7. The molecule has 1 amide bonds. The molecule has 10 heteroatoms. The summed E-state index contributed by atoms with van der Waals surface area (Å²) < 4.78 is 3.43. The average molecular weight is 612 g/mol. The van der Waals surface area contributed by atoms with Crippen LogP contribution in [0.4, 0.5) is 5.69 Å². The highest BCUT2D eigenvalue weighted by atomic mass is 35.5. The lowest BCUT2D eigenvalue weighted by Gasteiger charge is -2.53. The number of amides is 1. The van der Waals surface area contributed by atoms with Gasteiger partial charge in [-0.05, 0) is 118 Å². The van der Waals surface area contributed by atoms with E-state index in [4.69, 9.17) is 21.5 Å². The van der Waals surface area contributed by atoms with Crippen molar-refractivity contribution >= 4 is 47.6 Å². The van der Waals surface area contributed by atoms with Gasteiger partial charge < -0.3 is 20.3 Å². The Morgan fingerprint density at radius 1 is 0.952 bits per heavy atom. The molecule has 1 heterocycles. The molecule has 1 saturated heterocycles. The summed E-state index contributed by atoms with van der Waals surface area (Å²) in [5.74, 6) is -1.36. The molecule has 0 atom stereocenters. The van der Waals surface area contributed by atoms with Gasteiger partial charge in [0, 0.05) is 39.8 Å². The smallest absolute Gasteiger partial charge is 0.332 e. The number of likely N-dealkylation sites (tertiary alicyclic amines) is 1. The third-order valence-corrected chi connectivity index (χ3v) is 8.73. The molecule has 3 aromatic carbocycles. The fourth-order valence-electron chi connectivity index (χ4n) is 4.86. The first-order chi connectivity index (χ1) is 19.6. The van der Waals surface area contributed by atoms with Crippen LogP contribution in [0.3, 0.4) is 0 Å². The zero-order chi connectivity index (χ0) is 31.4. The SMILES string of the molecule is Cc1cc(SNc2cccc(-c3cc(C)c(C(=O)NC4(C(=O)O)CN(C(C)(C)C)C4)c(C)c3)c2)c(C)cc1Cl.O=CO. The van der Waals surface area contributed by atoms with Crippen molar-refractivity contribution in [3.63, 3.8) is 0 Å². The van der Waals surface area contributed by atoms with Gasteiger partial charge in [-0.1, -0.05) is 35.9 Å². The lowest BCUT2D eigenvalue weighted by atomic mass is 9.84. The largest absolute Gasteiger partial charge is 0.483 e. The minimum atomic E-state index is -1.28. The normalized spacial score (nSPS) is 14.2. The van der Waals surface area contributed by atoms with Crippen LogP contribution in [-0.4, -0.2) is 57.6 Å². The summed E-state index contributed by atoms with van der Waals surface area (Å²) in [6, 6.07) is 16.1. The summed E-state index contributed by atoms with van der Waals surface area (Å²) in [6.07, 6.45) is 0. The first-order valence-corrected chi connectivity index (χ1v) is 14.6. The van der Waals surface area contributed by atoms with Crippen LogP contribution in [0.25, 0.3) is 11.1 Å². The van der Waals surface area contributed by atoms with Crippen molar-refractivity contribution in [2.45, 2.75) is 64.4 Å². The van der Waals surface area contributed by atoms with Gasteiger partial charge in [-0.15, -0.1) is 0 Å². The number of carboxylic acids is 1. The Hall–Kier alpha value is -3.53. The molecule has 0 spiro atoms. The first kappa shape index (κ1) is 33.0. The van der Waals surface area contributed by atoms with E-state index in [-0.39, 0.29) is 31.0 Å². The van der Waals surface area contributed by atoms with Crippen molar-refractivity contribution in [3.05, 3.63) is 81.4 Å². The molecule has 0 aliphatic carbocycles. The summed E-state index contributed by atoms with van der Waals surface area (Å²) in [5.41, 5.74) is 5.79. The Kier molecular flexibility index (Phi) is 10.4. The molecule has 8 nitrogen and oxygen atoms in total. The quantitative estimate of drug-likeness (QED) is 0.172. The van der Waals surface area contributed by atoms with E-state index >= 15 is 0 Å². The molecule has 0 saturated carbocycles. The third kappa shape index (κ3) is 7.45. The van der Waals surface area contributed by atoms with Gasteiger partial charge in [-0.25, -0.2) is 4.79 Å². The average Bonchev–Trinajstić information content (AvgIpc) is 2.86. The summed E-state index contributed by atoms with van der Waals surface area (Å²) in [7, 11) is 0. The first-order valence-electron chi connectivity index (χ1n) is 13.4. The molecule has 0 radical (unpaired) electrons. The molecule has 0 aromatic heterocycles. The molecule has 224 valence electrons. The maximum Gasteiger partial charge on any atom is 0.332 e. The Morgan fingerprint density at radius 2 is 1.55 bits per heavy atom. The monoisotopic (exact) mass is 611 g/mol. The molecule has 1 aliphatic rings. The van der Waals surface area contributed by atoms with Gasteiger partial charge in [0.2, 0.25) is 0 Å². The number of nitrogens with one attached hydrogen (secondary N) is 2. The second-order valence-corrected chi connectivity index (χ2v) is 12.9. The number of benzene rings is 3. The number of carbonyl (C=O) groups is 3. The molecule has 42 heavy (non-hydrogen) atoms. The van der Waals surface area contributed by atoms with Crippen molar-refractivity contribution in [3.8, 4) is 11.1 Å². The van der Waals surface area contributed by atoms with Crippen molar-refractivity contribution in [2.75, 3.05) is 17.8 Å². The third-order valence-electron chi connectivity index (χ3n) is 7.32. The summed E-state index contributed by atoms with van der Waals surface area (Å²) in [4.78, 5) is 37.0. The van der Waals surface area contributed by atoms with Gasteiger partial charge in [-0.2, -0.15) is 0 Å². The van der Waals surface area contributed by atoms with Crippen LogP contribution in [0.1, 0.15) is 53.4 Å². The number of hydrogen-bond acceptors (Lipinski definition) is 6. The molecule has 1 aliphatic heterocycles. The number of hydrogen-bond donors (Lipinski definition) is 4. The number of aryl methyl sites for hydroxylation is 4. The van der Waals surface area contributed by atoms with Gasteiger partial charge in [0.05, 0.1) is 0 Å². The van der Waals surface area contributed by atoms with Crippen LogP contribution in [0.2, 0.25) is 5.02 Å². The number of carbonyl (C=O) groups excluding carboxylic acids is 1. The van der Waals surface area contributed by atoms with Crippen LogP contribution in [-0.2, 0) is 9.59 Å². The topological polar surface area (TPSA) is 119 Å². The summed E-state index contributed by atoms with van der Waals surface area (Å²) in [5, 5.41) is 20.4. The van der Waals surface area contributed by atoms with E-state index in [1.54, 1.807) is 11.9 Å². The van der Waals surface area contributed by atoms with Crippen LogP contribution in [0.15, 0.2) is 53.4 Å². The van der Waals surface area contributed by atoms with E-state index < -0.39 is 11.5 Å².